The Morgan fingerprint density at radius 1 is 1.09 bits per heavy atom. The minimum Gasteiger partial charge on any atom is -0.491 e. The van der Waals surface area contributed by atoms with Crippen LogP contribution >= 0.6 is 23.4 Å². The van der Waals surface area contributed by atoms with Crippen molar-refractivity contribution in [3.8, 4) is 11.5 Å². The standard InChI is InChI=1S/C25H25ClN4O4S/c1-3-22-29-30-23(27)20(24(31)28-25(30)35-22)15-17-14-18(26)6-9-21(17)34-13-11-32-10-12-33-19-7-4-16(2)5-8-19/h4-9,14-15,27H,3,10-13H2,1-2H3/b20-15-,27-23?. The second-order valence-electron chi connectivity index (χ2n) is 7.67. The summed E-state index contributed by atoms with van der Waals surface area (Å²) in [4.78, 5) is 16.7. The van der Waals surface area contributed by atoms with E-state index >= 15 is 0 Å². The number of carbonyl (C=O) groups is 1. The van der Waals surface area contributed by atoms with E-state index in [1.165, 1.54) is 22.3 Å². The Kier molecular flexibility index (Phi) is 8.22. The van der Waals surface area contributed by atoms with Crippen molar-refractivity contribution in [2.75, 3.05) is 26.4 Å². The molecule has 1 N–H and O–H groups in total. The van der Waals surface area contributed by atoms with Gasteiger partial charge < -0.3 is 14.2 Å². The molecule has 0 bridgehead atoms. The topological polar surface area (TPSA) is 96.6 Å². The molecule has 2 aromatic rings. The largest absolute Gasteiger partial charge is 0.491 e. The Bertz CT molecular complexity index is 1210. The Morgan fingerprint density at radius 2 is 1.83 bits per heavy atom. The fourth-order valence-corrected chi connectivity index (χ4v) is 4.26. The molecule has 2 aliphatic heterocycles. The Balaban J connectivity index is 1.34. The number of amidine groups is 2. The summed E-state index contributed by atoms with van der Waals surface area (Å²) < 4.78 is 17.1. The highest BCUT2D eigenvalue weighted by Crippen LogP contribution is 2.31. The van der Waals surface area contributed by atoms with Crippen molar-refractivity contribution in [1.29, 1.82) is 5.41 Å². The van der Waals surface area contributed by atoms with Crippen LogP contribution in [-0.4, -0.2) is 53.4 Å². The molecule has 10 heteroatoms. The summed E-state index contributed by atoms with van der Waals surface area (Å²) in [6.07, 6.45) is 2.26. The van der Waals surface area contributed by atoms with Crippen molar-refractivity contribution >= 4 is 51.4 Å². The number of thioether (sulfide) groups is 1. The van der Waals surface area contributed by atoms with Crippen LogP contribution < -0.4 is 9.47 Å². The summed E-state index contributed by atoms with van der Waals surface area (Å²) in [7, 11) is 0. The second kappa shape index (κ2) is 11.5. The predicted molar refractivity (Wildman–Crippen MR) is 140 cm³/mol. The average Bonchev–Trinajstić information content (AvgIpc) is 3.26. The number of ether oxygens (including phenoxy) is 3. The van der Waals surface area contributed by atoms with Crippen LogP contribution in [-0.2, 0) is 9.53 Å². The molecular formula is C25H25ClN4O4S. The lowest BCUT2D eigenvalue weighted by Crippen LogP contribution is -2.35. The van der Waals surface area contributed by atoms with Crippen molar-refractivity contribution in [2.45, 2.75) is 20.3 Å². The van der Waals surface area contributed by atoms with Crippen LogP contribution in [0.15, 0.2) is 58.1 Å². The molecule has 8 nitrogen and oxygen atoms in total. The minimum atomic E-state index is -0.496. The van der Waals surface area contributed by atoms with Gasteiger partial charge in [0.15, 0.2) is 5.84 Å². The van der Waals surface area contributed by atoms with Crippen molar-refractivity contribution in [1.82, 2.24) is 5.01 Å². The predicted octanol–water partition coefficient (Wildman–Crippen LogP) is 5.15. The molecule has 0 spiro atoms. The fourth-order valence-electron chi connectivity index (χ4n) is 3.26. The number of hydrogen-bond donors (Lipinski definition) is 1. The lowest BCUT2D eigenvalue weighted by molar-refractivity contribution is -0.114. The van der Waals surface area contributed by atoms with Crippen LogP contribution in [0.25, 0.3) is 6.08 Å². The van der Waals surface area contributed by atoms with Gasteiger partial charge in [0.05, 0.1) is 18.8 Å². The SMILES string of the molecule is CCC1=NN2C(=N)/C(=C/c3cc(Cl)ccc3OCCOCCOc3ccc(C)cc3)C(=O)N=C2S1. The first kappa shape index (κ1) is 25.0. The maximum atomic E-state index is 12.6. The third kappa shape index (κ3) is 6.30. The van der Waals surface area contributed by atoms with Crippen molar-refractivity contribution in [3.63, 3.8) is 0 Å². The van der Waals surface area contributed by atoms with Crippen LogP contribution in [0.3, 0.4) is 0 Å². The molecule has 2 aliphatic rings. The number of fused-ring (bicyclic) bond motifs is 1. The Morgan fingerprint density at radius 3 is 2.57 bits per heavy atom. The summed E-state index contributed by atoms with van der Waals surface area (Å²) in [5.74, 6) is 0.797. The van der Waals surface area contributed by atoms with Gasteiger partial charge in [-0.15, -0.1) is 0 Å². The fraction of sp³-hybridized carbons (Fsp3) is 0.280. The molecule has 0 atom stereocenters. The number of nitrogens with zero attached hydrogens (tertiary/aromatic N) is 3. The molecule has 0 saturated heterocycles. The lowest BCUT2D eigenvalue weighted by Gasteiger charge is -2.20. The Hall–Kier alpha value is -3.14. The van der Waals surface area contributed by atoms with E-state index in [2.05, 4.69) is 10.1 Å². The highest BCUT2D eigenvalue weighted by Gasteiger charge is 2.35. The number of hydrazone groups is 1. The number of rotatable bonds is 10. The third-order valence-corrected chi connectivity index (χ3v) is 6.36. The van der Waals surface area contributed by atoms with Crippen LogP contribution in [0.2, 0.25) is 5.02 Å². The number of carbonyl (C=O) groups excluding carboxylic acids is 1. The van der Waals surface area contributed by atoms with Gasteiger partial charge in [-0.3, -0.25) is 10.2 Å². The summed E-state index contributed by atoms with van der Waals surface area (Å²) in [6, 6.07) is 12.9. The average molecular weight is 513 g/mol. The maximum absolute atomic E-state index is 12.6. The first-order valence-electron chi connectivity index (χ1n) is 11.1. The van der Waals surface area contributed by atoms with Gasteiger partial charge in [0, 0.05) is 10.6 Å². The number of aliphatic imine (C=N–C) groups is 1. The lowest BCUT2D eigenvalue weighted by atomic mass is 10.1. The minimum absolute atomic E-state index is 0.0289. The molecule has 0 radical (unpaired) electrons. The second-order valence-corrected chi connectivity index (χ2v) is 9.15. The zero-order valence-electron chi connectivity index (χ0n) is 19.4. The number of benzene rings is 2. The molecule has 182 valence electrons. The van der Waals surface area contributed by atoms with E-state index in [0.29, 0.717) is 54.4 Å². The number of amides is 1. The quantitative estimate of drug-likeness (QED) is 0.349. The summed E-state index contributed by atoms with van der Waals surface area (Å²) in [5, 5.41) is 15.9. The van der Waals surface area contributed by atoms with Gasteiger partial charge in [-0.25, -0.2) is 0 Å². The van der Waals surface area contributed by atoms with E-state index in [1.54, 1.807) is 24.3 Å². The first-order valence-corrected chi connectivity index (χ1v) is 12.3. The van der Waals surface area contributed by atoms with Gasteiger partial charge in [0.25, 0.3) is 5.91 Å². The normalized spacial score (nSPS) is 16.3. The Labute approximate surface area is 213 Å². The van der Waals surface area contributed by atoms with E-state index < -0.39 is 5.91 Å². The molecular weight excluding hydrogens is 488 g/mol. The summed E-state index contributed by atoms with van der Waals surface area (Å²) in [6.45, 7) is 5.50. The molecule has 1 amide bonds. The molecule has 0 fully saturated rings. The molecule has 0 unspecified atom stereocenters. The van der Waals surface area contributed by atoms with E-state index in [4.69, 9.17) is 31.2 Å². The smallest absolute Gasteiger partial charge is 0.283 e. The van der Waals surface area contributed by atoms with E-state index in [-0.39, 0.29) is 11.4 Å². The van der Waals surface area contributed by atoms with Gasteiger partial charge in [-0.1, -0.05) is 36.2 Å². The van der Waals surface area contributed by atoms with Gasteiger partial charge in [0.2, 0.25) is 5.17 Å². The van der Waals surface area contributed by atoms with Crippen molar-refractivity contribution in [2.24, 2.45) is 10.1 Å². The molecule has 0 saturated carbocycles. The molecule has 4 rings (SSSR count). The van der Waals surface area contributed by atoms with Gasteiger partial charge >= 0.3 is 0 Å². The third-order valence-electron chi connectivity index (χ3n) is 5.07. The van der Waals surface area contributed by atoms with Crippen molar-refractivity contribution in [3.05, 3.63) is 64.2 Å². The van der Waals surface area contributed by atoms with Gasteiger partial charge in [0.1, 0.15) is 29.8 Å². The van der Waals surface area contributed by atoms with E-state index in [0.717, 1.165) is 10.8 Å². The highest BCUT2D eigenvalue weighted by molar-refractivity contribution is 8.26. The number of aryl methyl sites for hydroxylation is 1. The monoisotopic (exact) mass is 512 g/mol. The number of hydrogen-bond acceptors (Lipinski definition) is 7. The molecule has 0 aliphatic carbocycles. The maximum Gasteiger partial charge on any atom is 0.283 e. The first-order chi connectivity index (χ1) is 16.9. The van der Waals surface area contributed by atoms with Crippen LogP contribution in [0.4, 0.5) is 0 Å². The molecule has 35 heavy (non-hydrogen) atoms. The molecule has 2 aromatic carbocycles. The van der Waals surface area contributed by atoms with E-state index in [9.17, 15) is 4.79 Å². The molecule has 0 aromatic heterocycles. The van der Waals surface area contributed by atoms with Crippen LogP contribution in [0.1, 0.15) is 24.5 Å². The number of halogens is 1. The summed E-state index contributed by atoms with van der Waals surface area (Å²) >= 11 is 7.49. The zero-order valence-corrected chi connectivity index (χ0v) is 21.0. The van der Waals surface area contributed by atoms with Crippen LogP contribution in [0.5, 0.6) is 11.5 Å². The highest BCUT2D eigenvalue weighted by atomic mass is 35.5. The zero-order chi connectivity index (χ0) is 24.8. The van der Waals surface area contributed by atoms with Crippen molar-refractivity contribution < 1.29 is 19.0 Å². The van der Waals surface area contributed by atoms with Crippen LogP contribution in [0, 0.1) is 12.3 Å². The summed E-state index contributed by atoms with van der Waals surface area (Å²) in [5.41, 5.74) is 1.87. The van der Waals surface area contributed by atoms with E-state index in [1.807, 2.05) is 38.1 Å². The molecule has 2 heterocycles. The number of nitrogens with one attached hydrogen (secondary N) is 1. The van der Waals surface area contributed by atoms with Gasteiger partial charge in [-0.05, 0) is 61.5 Å². The van der Waals surface area contributed by atoms with Gasteiger partial charge in [-0.2, -0.15) is 15.1 Å².